The monoisotopic (exact) mass is 347 g/mol. The number of ether oxygens (including phenoxy) is 1. The summed E-state index contributed by atoms with van der Waals surface area (Å²) in [5.74, 6) is 0.742. The fourth-order valence-electron chi connectivity index (χ4n) is 2.28. The van der Waals surface area contributed by atoms with Crippen LogP contribution in [-0.2, 0) is 5.41 Å². The molecule has 0 atom stereocenters. The van der Waals surface area contributed by atoms with Crippen molar-refractivity contribution in [2.24, 2.45) is 0 Å². The van der Waals surface area contributed by atoms with Crippen LogP contribution in [0.2, 0.25) is 5.02 Å². The number of anilines is 1. The quantitative estimate of drug-likeness (QED) is 0.642. The van der Waals surface area contributed by atoms with Crippen molar-refractivity contribution in [2.75, 3.05) is 11.9 Å². The first-order chi connectivity index (χ1) is 10.7. The molecule has 0 unspecified atom stereocenters. The summed E-state index contributed by atoms with van der Waals surface area (Å²) in [6, 6.07) is 13.8. The second-order valence-electron chi connectivity index (χ2n) is 6.66. The van der Waals surface area contributed by atoms with Crippen LogP contribution < -0.4 is 9.64 Å². The van der Waals surface area contributed by atoms with Crippen LogP contribution in [0.25, 0.3) is 0 Å². The molecule has 4 heteroatoms. The molecule has 0 radical (unpaired) electrons. The predicted octanol–water partition coefficient (Wildman–Crippen LogP) is 5.75. The summed E-state index contributed by atoms with van der Waals surface area (Å²) in [5, 5.41) is 1.10. The third kappa shape index (κ3) is 4.46. The molecule has 2 nitrogen and oxygen atoms in total. The topological polar surface area (TPSA) is 12.5 Å². The Kier molecular flexibility index (Phi) is 5.33. The largest absolute Gasteiger partial charge is 0.431 e. The van der Waals surface area contributed by atoms with Gasteiger partial charge in [0.1, 0.15) is 5.75 Å². The van der Waals surface area contributed by atoms with Crippen LogP contribution in [0.1, 0.15) is 31.9 Å². The zero-order chi connectivity index (χ0) is 17.2. The lowest BCUT2D eigenvalue weighted by molar-refractivity contribution is 0.505. The third-order valence-electron chi connectivity index (χ3n) is 3.61. The predicted molar refractivity (Wildman–Crippen MR) is 103 cm³/mol. The van der Waals surface area contributed by atoms with E-state index < -0.39 is 0 Å². The highest BCUT2D eigenvalue weighted by molar-refractivity contribution is 7.80. The van der Waals surface area contributed by atoms with E-state index in [1.165, 1.54) is 5.56 Å². The van der Waals surface area contributed by atoms with Gasteiger partial charge in [0.2, 0.25) is 0 Å². The van der Waals surface area contributed by atoms with Crippen LogP contribution in [0.4, 0.5) is 5.69 Å². The van der Waals surface area contributed by atoms with E-state index in [2.05, 4.69) is 39.8 Å². The van der Waals surface area contributed by atoms with E-state index in [9.17, 15) is 0 Å². The molecule has 0 bridgehead atoms. The molecule has 2 aromatic rings. The highest BCUT2D eigenvalue weighted by Crippen LogP contribution is 2.34. The number of rotatable bonds is 2. The van der Waals surface area contributed by atoms with Crippen molar-refractivity contribution in [1.29, 1.82) is 0 Å². The Morgan fingerprint density at radius 2 is 1.83 bits per heavy atom. The molecule has 0 aliphatic rings. The van der Waals surface area contributed by atoms with Crippen molar-refractivity contribution < 1.29 is 4.74 Å². The molecule has 23 heavy (non-hydrogen) atoms. The van der Waals surface area contributed by atoms with Crippen LogP contribution in [0, 0.1) is 6.92 Å². The second kappa shape index (κ2) is 6.90. The number of thiocarbonyl (C=S) groups is 1. The Labute approximate surface area is 149 Å². The van der Waals surface area contributed by atoms with E-state index in [1.54, 1.807) is 0 Å². The lowest BCUT2D eigenvalue weighted by Gasteiger charge is -2.25. The molecule has 0 saturated heterocycles. The zero-order valence-electron chi connectivity index (χ0n) is 14.2. The summed E-state index contributed by atoms with van der Waals surface area (Å²) in [4.78, 5) is 1.86. The lowest BCUT2D eigenvalue weighted by Crippen LogP contribution is -2.30. The van der Waals surface area contributed by atoms with E-state index in [1.807, 2.05) is 42.3 Å². The standard InChI is InChI=1S/C19H22ClNOS/c1-13-7-6-8-15(11-13)21(5)18(23)22-17-10-9-14(20)12-16(17)19(2,3)4/h6-12H,1-5H3. The van der Waals surface area contributed by atoms with E-state index in [-0.39, 0.29) is 5.41 Å². The summed E-state index contributed by atoms with van der Waals surface area (Å²) >= 11 is 11.6. The average molecular weight is 348 g/mol. The highest BCUT2D eigenvalue weighted by atomic mass is 35.5. The molecule has 0 saturated carbocycles. The van der Waals surface area contributed by atoms with Gasteiger partial charge in [-0.25, -0.2) is 0 Å². The van der Waals surface area contributed by atoms with Gasteiger partial charge < -0.3 is 9.64 Å². The van der Waals surface area contributed by atoms with Gasteiger partial charge in [-0.15, -0.1) is 0 Å². The molecule has 0 aliphatic carbocycles. The smallest absolute Gasteiger partial charge is 0.269 e. The van der Waals surface area contributed by atoms with E-state index in [0.717, 1.165) is 17.0 Å². The van der Waals surface area contributed by atoms with Gasteiger partial charge in [0.05, 0.1) is 0 Å². The molecule has 0 fully saturated rings. The van der Waals surface area contributed by atoms with Crippen LogP contribution in [0.3, 0.4) is 0 Å². The Morgan fingerprint density at radius 1 is 1.13 bits per heavy atom. The van der Waals surface area contributed by atoms with Crippen molar-refractivity contribution in [1.82, 2.24) is 0 Å². The Morgan fingerprint density at radius 3 is 2.43 bits per heavy atom. The van der Waals surface area contributed by atoms with Gasteiger partial charge in [-0.2, -0.15) is 0 Å². The van der Waals surface area contributed by atoms with E-state index in [0.29, 0.717) is 10.2 Å². The molecule has 122 valence electrons. The molecule has 2 aromatic carbocycles. The molecule has 0 amide bonds. The number of nitrogens with zero attached hydrogens (tertiary/aromatic N) is 1. The summed E-state index contributed by atoms with van der Waals surface area (Å²) in [6.45, 7) is 8.43. The first-order valence-electron chi connectivity index (χ1n) is 7.51. The summed E-state index contributed by atoms with van der Waals surface area (Å²) in [6.07, 6.45) is 0. The molecular weight excluding hydrogens is 326 g/mol. The van der Waals surface area contributed by atoms with Crippen molar-refractivity contribution >= 4 is 34.7 Å². The van der Waals surface area contributed by atoms with Crippen LogP contribution in [-0.4, -0.2) is 12.2 Å². The highest BCUT2D eigenvalue weighted by Gasteiger charge is 2.21. The van der Waals surface area contributed by atoms with Crippen molar-refractivity contribution in [3.8, 4) is 5.75 Å². The fraction of sp³-hybridized carbons (Fsp3) is 0.316. The third-order valence-corrected chi connectivity index (χ3v) is 4.20. The van der Waals surface area contributed by atoms with E-state index >= 15 is 0 Å². The number of benzene rings is 2. The van der Waals surface area contributed by atoms with Crippen LogP contribution in [0.15, 0.2) is 42.5 Å². The minimum atomic E-state index is -0.0856. The average Bonchev–Trinajstić information content (AvgIpc) is 2.47. The number of hydrogen-bond acceptors (Lipinski definition) is 2. The normalized spacial score (nSPS) is 11.2. The van der Waals surface area contributed by atoms with Crippen molar-refractivity contribution in [2.45, 2.75) is 33.1 Å². The number of hydrogen-bond donors (Lipinski definition) is 0. The van der Waals surface area contributed by atoms with Crippen molar-refractivity contribution in [3.05, 3.63) is 58.6 Å². The Bertz CT molecular complexity index is 722. The van der Waals surface area contributed by atoms with Gasteiger partial charge in [-0.05, 0) is 60.5 Å². The molecule has 0 aromatic heterocycles. The SMILES string of the molecule is Cc1cccc(N(C)C(=S)Oc2ccc(Cl)cc2C(C)(C)C)c1. The van der Waals surface area contributed by atoms with Gasteiger partial charge in [-0.1, -0.05) is 44.5 Å². The lowest BCUT2D eigenvalue weighted by atomic mass is 9.86. The summed E-state index contributed by atoms with van der Waals surface area (Å²) in [7, 11) is 1.91. The molecular formula is C19H22ClNOS. The van der Waals surface area contributed by atoms with Crippen LogP contribution >= 0.6 is 23.8 Å². The van der Waals surface area contributed by atoms with Gasteiger partial charge in [0, 0.05) is 23.3 Å². The zero-order valence-corrected chi connectivity index (χ0v) is 15.8. The van der Waals surface area contributed by atoms with Crippen molar-refractivity contribution in [3.63, 3.8) is 0 Å². The van der Waals surface area contributed by atoms with Gasteiger partial charge in [0.25, 0.3) is 5.17 Å². The fourth-order valence-corrected chi connectivity index (χ4v) is 2.65. The number of aryl methyl sites for hydroxylation is 1. The first-order valence-corrected chi connectivity index (χ1v) is 8.29. The van der Waals surface area contributed by atoms with Crippen LogP contribution in [0.5, 0.6) is 5.75 Å². The first kappa shape index (κ1) is 17.8. The molecule has 0 N–H and O–H groups in total. The van der Waals surface area contributed by atoms with E-state index in [4.69, 9.17) is 28.6 Å². The molecule has 0 spiro atoms. The van der Waals surface area contributed by atoms with Gasteiger partial charge in [-0.3, -0.25) is 0 Å². The maximum absolute atomic E-state index is 6.14. The molecule has 0 heterocycles. The Hall–Kier alpha value is -1.58. The van der Waals surface area contributed by atoms with Gasteiger partial charge in [0.15, 0.2) is 0 Å². The Balaban J connectivity index is 2.27. The maximum Gasteiger partial charge on any atom is 0.269 e. The molecule has 0 aliphatic heterocycles. The minimum absolute atomic E-state index is 0.0856. The van der Waals surface area contributed by atoms with Gasteiger partial charge >= 0.3 is 0 Å². The maximum atomic E-state index is 6.14. The summed E-state index contributed by atoms with van der Waals surface area (Å²) in [5.41, 5.74) is 3.13. The number of halogens is 1. The molecule has 2 rings (SSSR count). The summed E-state index contributed by atoms with van der Waals surface area (Å²) < 4.78 is 5.98. The second-order valence-corrected chi connectivity index (χ2v) is 7.44. The minimum Gasteiger partial charge on any atom is -0.431 e.